The van der Waals surface area contributed by atoms with E-state index < -0.39 is 0 Å². The molecule has 0 saturated heterocycles. The number of allylic oxidation sites excluding steroid dienone is 1. The van der Waals surface area contributed by atoms with E-state index in [9.17, 15) is 10.1 Å². The number of hydrogen-bond acceptors (Lipinski definition) is 3. The van der Waals surface area contributed by atoms with Crippen LogP contribution in [0.2, 0.25) is 10.0 Å². The van der Waals surface area contributed by atoms with Gasteiger partial charge in [-0.25, -0.2) is 4.98 Å². The van der Waals surface area contributed by atoms with Crippen LogP contribution in [0.3, 0.4) is 0 Å². The summed E-state index contributed by atoms with van der Waals surface area (Å²) in [5, 5.41) is 10.7. The van der Waals surface area contributed by atoms with E-state index in [-0.39, 0.29) is 17.0 Å². The number of H-pyrrole nitrogens is 1. The first-order valence-corrected chi connectivity index (χ1v) is 7.41. The van der Waals surface area contributed by atoms with E-state index in [0.717, 1.165) is 0 Å². The highest BCUT2D eigenvalue weighted by Crippen LogP contribution is 2.28. The van der Waals surface area contributed by atoms with Crippen molar-refractivity contribution in [3.8, 4) is 6.07 Å². The van der Waals surface area contributed by atoms with Gasteiger partial charge in [-0.05, 0) is 30.3 Å². The number of halogens is 2. The van der Waals surface area contributed by atoms with Crippen LogP contribution in [0.1, 0.15) is 11.4 Å². The number of fused-ring (bicyclic) bond motifs is 1. The van der Waals surface area contributed by atoms with Gasteiger partial charge in [0, 0.05) is 15.6 Å². The minimum Gasteiger partial charge on any atom is -0.305 e. The minimum absolute atomic E-state index is 0.169. The molecule has 0 atom stereocenters. The van der Waals surface area contributed by atoms with Gasteiger partial charge in [0.1, 0.15) is 6.07 Å². The van der Waals surface area contributed by atoms with E-state index in [1.165, 1.54) is 6.08 Å². The summed E-state index contributed by atoms with van der Waals surface area (Å²) in [5.41, 5.74) is 0.876. The van der Waals surface area contributed by atoms with Crippen molar-refractivity contribution in [1.29, 1.82) is 5.26 Å². The van der Waals surface area contributed by atoms with E-state index in [4.69, 9.17) is 23.2 Å². The van der Waals surface area contributed by atoms with Crippen LogP contribution in [-0.4, -0.2) is 9.97 Å². The number of rotatable bonds is 2. The van der Waals surface area contributed by atoms with Gasteiger partial charge in [-0.3, -0.25) is 4.79 Å². The monoisotopic (exact) mass is 341 g/mol. The Kier molecular flexibility index (Phi) is 4.16. The Labute approximate surface area is 141 Å². The number of aromatic nitrogens is 2. The zero-order valence-electron chi connectivity index (χ0n) is 11.7. The Morgan fingerprint density at radius 2 is 1.83 bits per heavy atom. The Hall–Kier alpha value is -2.61. The Morgan fingerprint density at radius 3 is 2.52 bits per heavy atom. The van der Waals surface area contributed by atoms with Crippen molar-refractivity contribution in [2.45, 2.75) is 0 Å². The highest BCUT2D eigenvalue weighted by molar-refractivity contribution is 6.37. The molecule has 23 heavy (non-hydrogen) atoms. The summed E-state index contributed by atoms with van der Waals surface area (Å²) >= 11 is 12.2. The van der Waals surface area contributed by atoms with Gasteiger partial charge in [0.25, 0.3) is 5.56 Å². The highest BCUT2D eigenvalue weighted by Gasteiger charge is 2.10. The molecule has 0 radical (unpaired) electrons. The molecule has 112 valence electrons. The summed E-state index contributed by atoms with van der Waals surface area (Å²) in [6.45, 7) is 0. The molecule has 3 rings (SSSR count). The molecule has 4 nitrogen and oxygen atoms in total. The van der Waals surface area contributed by atoms with Crippen LogP contribution < -0.4 is 5.56 Å². The van der Waals surface area contributed by atoms with Gasteiger partial charge in [-0.15, -0.1) is 0 Å². The predicted octanol–water partition coefficient (Wildman–Crippen LogP) is 4.29. The fraction of sp³-hybridized carbons (Fsp3) is 0. The molecule has 3 aromatic rings. The summed E-state index contributed by atoms with van der Waals surface area (Å²) in [5.74, 6) is 0.173. The third-order valence-electron chi connectivity index (χ3n) is 3.28. The van der Waals surface area contributed by atoms with Gasteiger partial charge >= 0.3 is 0 Å². The van der Waals surface area contributed by atoms with E-state index in [1.807, 2.05) is 6.07 Å². The summed E-state index contributed by atoms with van der Waals surface area (Å²) in [6, 6.07) is 14.0. The van der Waals surface area contributed by atoms with Gasteiger partial charge < -0.3 is 4.98 Å². The molecule has 0 aliphatic rings. The molecule has 1 aromatic heterocycles. The Morgan fingerprint density at radius 1 is 1.13 bits per heavy atom. The van der Waals surface area contributed by atoms with Gasteiger partial charge in [0.15, 0.2) is 5.82 Å². The third-order valence-corrected chi connectivity index (χ3v) is 3.94. The summed E-state index contributed by atoms with van der Waals surface area (Å²) in [6.07, 6.45) is 1.51. The molecule has 0 unspecified atom stereocenters. The van der Waals surface area contributed by atoms with Crippen molar-refractivity contribution in [2.75, 3.05) is 0 Å². The quantitative estimate of drug-likeness (QED) is 0.706. The number of nitrogens with zero attached hydrogens (tertiary/aromatic N) is 2. The lowest BCUT2D eigenvalue weighted by Gasteiger charge is -2.04. The zero-order chi connectivity index (χ0) is 16.4. The number of nitriles is 1. The first-order chi connectivity index (χ1) is 11.1. The molecule has 0 aliphatic heterocycles. The molecular weight excluding hydrogens is 333 g/mol. The van der Waals surface area contributed by atoms with Gasteiger partial charge in [0.2, 0.25) is 0 Å². The van der Waals surface area contributed by atoms with Crippen molar-refractivity contribution in [2.24, 2.45) is 0 Å². The number of para-hydroxylation sites is 1. The minimum atomic E-state index is -0.308. The summed E-state index contributed by atoms with van der Waals surface area (Å²) in [7, 11) is 0. The molecular formula is C17H9Cl2N3O. The maximum absolute atomic E-state index is 12.1. The molecule has 2 aromatic carbocycles. The van der Waals surface area contributed by atoms with Crippen LogP contribution in [0.5, 0.6) is 0 Å². The molecule has 1 heterocycles. The van der Waals surface area contributed by atoms with Crippen LogP contribution in [0.15, 0.2) is 47.3 Å². The highest BCUT2D eigenvalue weighted by atomic mass is 35.5. The zero-order valence-corrected chi connectivity index (χ0v) is 13.2. The second-order valence-corrected chi connectivity index (χ2v) is 5.55. The van der Waals surface area contributed by atoms with Gasteiger partial charge in [0.05, 0.1) is 16.5 Å². The molecule has 1 N–H and O–H groups in total. The second-order valence-electron chi connectivity index (χ2n) is 4.74. The largest absolute Gasteiger partial charge is 0.305 e. The van der Waals surface area contributed by atoms with Crippen molar-refractivity contribution >= 4 is 45.8 Å². The van der Waals surface area contributed by atoms with Crippen molar-refractivity contribution in [1.82, 2.24) is 9.97 Å². The normalized spacial score (nSPS) is 11.4. The summed E-state index contributed by atoms with van der Waals surface area (Å²) < 4.78 is 0. The van der Waals surface area contributed by atoms with E-state index in [0.29, 0.717) is 26.5 Å². The average molecular weight is 342 g/mol. The van der Waals surface area contributed by atoms with E-state index >= 15 is 0 Å². The molecule has 0 amide bonds. The number of hydrogen-bond donors (Lipinski definition) is 1. The SMILES string of the molecule is N#C/C(=C\c1c(Cl)cccc1Cl)c1nc2ccccc2c(=O)[nH]1. The third kappa shape index (κ3) is 2.98. The topological polar surface area (TPSA) is 69.5 Å². The molecule has 0 bridgehead atoms. The number of nitrogens with one attached hydrogen (secondary N) is 1. The van der Waals surface area contributed by atoms with Gasteiger partial charge in [-0.2, -0.15) is 5.26 Å². The lowest BCUT2D eigenvalue weighted by molar-refractivity contribution is 1.13. The fourth-order valence-electron chi connectivity index (χ4n) is 2.16. The first-order valence-electron chi connectivity index (χ1n) is 6.65. The van der Waals surface area contributed by atoms with E-state index in [2.05, 4.69) is 9.97 Å². The summed E-state index contributed by atoms with van der Waals surface area (Å²) in [4.78, 5) is 19.1. The van der Waals surface area contributed by atoms with Crippen molar-refractivity contribution in [3.63, 3.8) is 0 Å². The van der Waals surface area contributed by atoms with Crippen LogP contribution in [0, 0.1) is 11.3 Å². The van der Waals surface area contributed by atoms with E-state index in [1.54, 1.807) is 42.5 Å². The smallest absolute Gasteiger partial charge is 0.259 e. The number of aromatic amines is 1. The standard InChI is InChI=1S/C17H9Cl2N3O/c18-13-5-3-6-14(19)12(13)8-10(9-20)16-21-15-7-2-1-4-11(15)17(23)22-16/h1-8H,(H,21,22,23)/b10-8+. The van der Waals surface area contributed by atoms with Crippen LogP contribution in [-0.2, 0) is 0 Å². The lowest BCUT2D eigenvalue weighted by atomic mass is 10.1. The molecule has 0 saturated carbocycles. The predicted molar refractivity (Wildman–Crippen MR) is 92.3 cm³/mol. The Bertz CT molecular complexity index is 1010. The van der Waals surface area contributed by atoms with Crippen molar-refractivity contribution < 1.29 is 0 Å². The van der Waals surface area contributed by atoms with Crippen LogP contribution in [0.25, 0.3) is 22.6 Å². The molecule has 0 aliphatic carbocycles. The first kappa shape index (κ1) is 15.3. The van der Waals surface area contributed by atoms with Crippen LogP contribution >= 0.6 is 23.2 Å². The maximum Gasteiger partial charge on any atom is 0.259 e. The number of benzene rings is 2. The average Bonchev–Trinajstić information content (AvgIpc) is 2.55. The molecule has 6 heteroatoms. The fourth-order valence-corrected chi connectivity index (χ4v) is 2.67. The maximum atomic E-state index is 12.1. The Balaban J connectivity index is 2.21. The molecule has 0 spiro atoms. The van der Waals surface area contributed by atoms with Crippen LogP contribution in [0.4, 0.5) is 0 Å². The molecule has 0 fully saturated rings. The lowest BCUT2D eigenvalue weighted by Crippen LogP contribution is -2.11. The van der Waals surface area contributed by atoms with Crippen molar-refractivity contribution in [3.05, 3.63) is 74.3 Å². The van der Waals surface area contributed by atoms with Gasteiger partial charge in [-0.1, -0.05) is 41.4 Å². The second kappa shape index (κ2) is 6.25.